The Hall–Kier alpha value is -2.04. The molecule has 0 aliphatic rings. The van der Waals surface area contributed by atoms with E-state index in [1.54, 1.807) is 23.0 Å². The van der Waals surface area contributed by atoms with Crippen molar-refractivity contribution in [2.24, 2.45) is 7.05 Å². The van der Waals surface area contributed by atoms with Crippen LogP contribution in [0.2, 0.25) is 0 Å². The van der Waals surface area contributed by atoms with Crippen LogP contribution in [0.5, 0.6) is 0 Å². The minimum atomic E-state index is -0.432. The Morgan fingerprint density at radius 3 is 2.93 bits per heavy atom. The molecule has 15 heavy (non-hydrogen) atoms. The fourth-order valence-electron chi connectivity index (χ4n) is 1.50. The van der Waals surface area contributed by atoms with Gasteiger partial charge in [0, 0.05) is 18.1 Å². The van der Waals surface area contributed by atoms with Gasteiger partial charge < -0.3 is 10.5 Å². The van der Waals surface area contributed by atoms with Gasteiger partial charge in [-0.2, -0.15) is 5.10 Å². The Kier molecular flexibility index (Phi) is 2.07. The fraction of sp³-hybridized carbons (Fsp3) is 0.200. The van der Waals surface area contributed by atoms with Crippen LogP contribution in [-0.4, -0.2) is 22.9 Å². The molecule has 78 valence electrons. The number of methoxy groups -OCH3 is 1. The van der Waals surface area contributed by atoms with Gasteiger partial charge >= 0.3 is 5.97 Å². The van der Waals surface area contributed by atoms with E-state index in [9.17, 15) is 4.79 Å². The van der Waals surface area contributed by atoms with E-state index in [1.807, 2.05) is 7.05 Å². The third-order valence-corrected chi connectivity index (χ3v) is 2.32. The van der Waals surface area contributed by atoms with Crippen LogP contribution in [-0.2, 0) is 11.8 Å². The topological polar surface area (TPSA) is 70.1 Å². The first-order valence-electron chi connectivity index (χ1n) is 4.43. The summed E-state index contributed by atoms with van der Waals surface area (Å²) in [6, 6.07) is 3.40. The number of ether oxygens (including phenoxy) is 1. The predicted octanol–water partition coefficient (Wildman–Crippen LogP) is 0.942. The molecular formula is C10H11N3O2. The van der Waals surface area contributed by atoms with Gasteiger partial charge in [-0.05, 0) is 12.1 Å². The van der Waals surface area contributed by atoms with Crippen molar-refractivity contribution in [2.75, 3.05) is 12.8 Å². The maximum atomic E-state index is 11.4. The monoisotopic (exact) mass is 205 g/mol. The molecule has 0 saturated carbocycles. The number of hydrogen-bond donors (Lipinski definition) is 1. The van der Waals surface area contributed by atoms with Crippen LogP contribution in [0.1, 0.15) is 10.4 Å². The lowest BCUT2D eigenvalue weighted by molar-refractivity contribution is 0.0602. The lowest BCUT2D eigenvalue weighted by atomic mass is 10.1. The molecule has 1 aromatic carbocycles. The molecule has 0 amide bonds. The summed E-state index contributed by atoms with van der Waals surface area (Å²) in [4.78, 5) is 11.4. The molecule has 0 fully saturated rings. The van der Waals surface area contributed by atoms with Crippen molar-refractivity contribution in [2.45, 2.75) is 0 Å². The van der Waals surface area contributed by atoms with Gasteiger partial charge in [0.25, 0.3) is 0 Å². The second kappa shape index (κ2) is 3.27. The van der Waals surface area contributed by atoms with E-state index in [-0.39, 0.29) is 0 Å². The highest BCUT2D eigenvalue weighted by Crippen LogP contribution is 2.21. The molecule has 0 saturated heterocycles. The second-order valence-corrected chi connectivity index (χ2v) is 3.26. The van der Waals surface area contributed by atoms with Crippen molar-refractivity contribution in [3.8, 4) is 0 Å². The van der Waals surface area contributed by atoms with Crippen molar-refractivity contribution in [1.29, 1.82) is 0 Å². The molecule has 2 N–H and O–H groups in total. The van der Waals surface area contributed by atoms with Crippen LogP contribution in [0.15, 0.2) is 18.3 Å². The number of nitrogens with zero attached hydrogens (tertiary/aromatic N) is 2. The summed E-state index contributed by atoms with van der Waals surface area (Å²) in [6.07, 6.45) is 1.68. The van der Waals surface area contributed by atoms with Crippen LogP contribution in [0.25, 0.3) is 10.9 Å². The van der Waals surface area contributed by atoms with Crippen molar-refractivity contribution >= 4 is 22.6 Å². The first kappa shape index (κ1) is 9.51. The SMILES string of the molecule is COC(=O)c1cc2cnn(C)c2cc1N. The van der Waals surface area contributed by atoms with E-state index < -0.39 is 5.97 Å². The van der Waals surface area contributed by atoms with Crippen molar-refractivity contribution in [3.63, 3.8) is 0 Å². The maximum absolute atomic E-state index is 11.4. The van der Waals surface area contributed by atoms with E-state index in [2.05, 4.69) is 9.84 Å². The number of esters is 1. The van der Waals surface area contributed by atoms with Crippen molar-refractivity contribution in [3.05, 3.63) is 23.9 Å². The summed E-state index contributed by atoms with van der Waals surface area (Å²) < 4.78 is 6.33. The number of nitrogens with two attached hydrogens (primary N) is 1. The highest BCUT2D eigenvalue weighted by Gasteiger charge is 2.12. The lowest BCUT2D eigenvalue weighted by Gasteiger charge is -2.04. The molecule has 0 bridgehead atoms. The molecule has 0 radical (unpaired) electrons. The first-order chi connectivity index (χ1) is 7.13. The van der Waals surface area contributed by atoms with Gasteiger partial charge in [0.15, 0.2) is 0 Å². The molecule has 2 aromatic rings. The molecular weight excluding hydrogens is 194 g/mol. The number of hydrogen-bond acceptors (Lipinski definition) is 4. The first-order valence-corrected chi connectivity index (χ1v) is 4.43. The molecule has 1 heterocycles. The highest BCUT2D eigenvalue weighted by atomic mass is 16.5. The summed E-state index contributed by atoms with van der Waals surface area (Å²) in [6.45, 7) is 0. The van der Waals surface area contributed by atoms with Gasteiger partial charge in [-0.3, -0.25) is 4.68 Å². The van der Waals surface area contributed by atoms with E-state index in [4.69, 9.17) is 5.73 Å². The number of nitrogen functional groups attached to an aromatic ring is 1. The zero-order valence-electron chi connectivity index (χ0n) is 8.52. The number of aromatic nitrogens is 2. The third-order valence-electron chi connectivity index (χ3n) is 2.32. The minimum Gasteiger partial charge on any atom is -0.465 e. The van der Waals surface area contributed by atoms with Crippen LogP contribution in [0, 0.1) is 0 Å². The molecule has 2 rings (SSSR count). The van der Waals surface area contributed by atoms with E-state index >= 15 is 0 Å². The average molecular weight is 205 g/mol. The maximum Gasteiger partial charge on any atom is 0.339 e. The molecule has 1 aromatic heterocycles. The Balaban J connectivity index is 2.68. The van der Waals surface area contributed by atoms with Crippen molar-refractivity contribution in [1.82, 2.24) is 9.78 Å². The number of carbonyl (C=O) groups is 1. The zero-order chi connectivity index (χ0) is 11.0. The zero-order valence-corrected chi connectivity index (χ0v) is 8.52. The second-order valence-electron chi connectivity index (χ2n) is 3.26. The number of benzene rings is 1. The number of aryl methyl sites for hydroxylation is 1. The number of carbonyl (C=O) groups excluding carboxylic acids is 1. The molecule has 0 atom stereocenters. The Bertz CT molecular complexity index is 531. The standard InChI is InChI=1S/C10H11N3O2/c1-13-9-4-8(11)7(10(14)15-2)3-6(9)5-12-13/h3-5H,11H2,1-2H3. The molecule has 0 unspecified atom stereocenters. The van der Waals surface area contributed by atoms with Crippen LogP contribution in [0.3, 0.4) is 0 Å². The van der Waals surface area contributed by atoms with Gasteiger partial charge in [-0.15, -0.1) is 0 Å². The predicted molar refractivity (Wildman–Crippen MR) is 56.5 cm³/mol. The molecule has 0 spiro atoms. The highest BCUT2D eigenvalue weighted by molar-refractivity contribution is 6.00. The Morgan fingerprint density at radius 2 is 2.27 bits per heavy atom. The van der Waals surface area contributed by atoms with Crippen LogP contribution in [0.4, 0.5) is 5.69 Å². The fourth-order valence-corrected chi connectivity index (χ4v) is 1.50. The Morgan fingerprint density at radius 1 is 1.53 bits per heavy atom. The molecule has 0 aliphatic heterocycles. The summed E-state index contributed by atoms with van der Waals surface area (Å²) >= 11 is 0. The van der Waals surface area contributed by atoms with Gasteiger partial charge in [-0.25, -0.2) is 4.79 Å². The summed E-state index contributed by atoms with van der Waals surface area (Å²) in [5, 5.41) is 4.94. The van der Waals surface area contributed by atoms with E-state index in [1.165, 1.54) is 7.11 Å². The van der Waals surface area contributed by atoms with Gasteiger partial charge in [0.2, 0.25) is 0 Å². The van der Waals surface area contributed by atoms with Gasteiger partial charge in [0.1, 0.15) is 0 Å². The van der Waals surface area contributed by atoms with Gasteiger partial charge in [0.05, 0.1) is 24.4 Å². The molecule has 5 heteroatoms. The van der Waals surface area contributed by atoms with Crippen molar-refractivity contribution < 1.29 is 9.53 Å². The normalized spacial score (nSPS) is 10.5. The van der Waals surface area contributed by atoms with Crippen LogP contribution >= 0.6 is 0 Å². The summed E-state index contributed by atoms with van der Waals surface area (Å²) in [7, 11) is 3.15. The average Bonchev–Trinajstić information content (AvgIpc) is 2.58. The third kappa shape index (κ3) is 1.41. The van der Waals surface area contributed by atoms with E-state index in [0.29, 0.717) is 11.3 Å². The summed E-state index contributed by atoms with van der Waals surface area (Å²) in [5.41, 5.74) is 7.41. The Labute approximate surface area is 86.4 Å². The minimum absolute atomic E-state index is 0.373. The molecule has 5 nitrogen and oxygen atoms in total. The number of anilines is 1. The van der Waals surface area contributed by atoms with Gasteiger partial charge in [-0.1, -0.05) is 0 Å². The lowest BCUT2D eigenvalue weighted by Crippen LogP contribution is -2.05. The largest absolute Gasteiger partial charge is 0.465 e. The number of rotatable bonds is 1. The summed E-state index contributed by atoms with van der Waals surface area (Å²) in [5.74, 6) is -0.432. The van der Waals surface area contributed by atoms with Crippen LogP contribution < -0.4 is 5.73 Å². The number of fused-ring (bicyclic) bond motifs is 1. The smallest absolute Gasteiger partial charge is 0.339 e. The van der Waals surface area contributed by atoms with E-state index in [0.717, 1.165) is 10.9 Å². The molecule has 0 aliphatic carbocycles. The quantitative estimate of drug-likeness (QED) is 0.555.